The SMILES string of the molecule is C[C@@H]1CC[C@@H](CCC(=O)N2CC[C@@H](Oc3cccnc3N(C)C)C2)O1. The average Bonchev–Trinajstić information content (AvgIpc) is 3.22. The Morgan fingerprint density at radius 3 is 2.96 bits per heavy atom. The maximum Gasteiger partial charge on any atom is 0.222 e. The molecule has 3 heterocycles. The molecule has 6 nitrogen and oxygen atoms in total. The number of carbonyl (C=O) groups is 1. The van der Waals surface area contributed by atoms with Gasteiger partial charge in [0.15, 0.2) is 11.6 Å². The molecule has 1 aromatic rings. The van der Waals surface area contributed by atoms with Crippen LogP contribution in [0.15, 0.2) is 18.3 Å². The summed E-state index contributed by atoms with van der Waals surface area (Å²) >= 11 is 0. The Labute approximate surface area is 150 Å². The van der Waals surface area contributed by atoms with Crippen LogP contribution in [0, 0.1) is 0 Å². The van der Waals surface area contributed by atoms with Crippen LogP contribution in [0.1, 0.15) is 39.0 Å². The van der Waals surface area contributed by atoms with E-state index in [1.54, 1.807) is 6.20 Å². The van der Waals surface area contributed by atoms with Crippen LogP contribution in [0.2, 0.25) is 0 Å². The predicted octanol–water partition coefficient (Wildman–Crippen LogP) is 2.48. The Bertz CT molecular complexity index is 593. The van der Waals surface area contributed by atoms with Crippen LogP contribution >= 0.6 is 0 Å². The van der Waals surface area contributed by atoms with E-state index in [1.165, 1.54) is 0 Å². The van der Waals surface area contributed by atoms with E-state index in [0.29, 0.717) is 19.1 Å². The summed E-state index contributed by atoms with van der Waals surface area (Å²) in [6.07, 6.45) is 6.85. The molecule has 0 aromatic carbocycles. The van der Waals surface area contributed by atoms with Crippen LogP contribution in [-0.2, 0) is 9.53 Å². The van der Waals surface area contributed by atoms with E-state index in [-0.39, 0.29) is 18.1 Å². The Hall–Kier alpha value is -1.82. The monoisotopic (exact) mass is 347 g/mol. The molecule has 0 spiro atoms. The molecule has 1 aromatic heterocycles. The number of amides is 1. The number of pyridine rings is 1. The quantitative estimate of drug-likeness (QED) is 0.791. The number of nitrogens with zero attached hydrogens (tertiary/aromatic N) is 3. The highest BCUT2D eigenvalue weighted by molar-refractivity contribution is 5.76. The van der Waals surface area contributed by atoms with Gasteiger partial charge in [0.05, 0.1) is 18.8 Å². The number of carbonyl (C=O) groups excluding carboxylic acids is 1. The van der Waals surface area contributed by atoms with Crippen molar-refractivity contribution in [2.75, 3.05) is 32.1 Å². The molecule has 138 valence electrons. The first kappa shape index (κ1) is 18.0. The second-order valence-corrected chi connectivity index (χ2v) is 7.27. The van der Waals surface area contributed by atoms with Gasteiger partial charge >= 0.3 is 0 Å². The van der Waals surface area contributed by atoms with Crippen molar-refractivity contribution < 1.29 is 14.3 Å². The molecule has 0 bridgehead atoms. The van der Waals surface area contributed by atoms with Gasteiger partial charge in [-0.15, -0.1) is 0 Å². The van der Waals surface area contributed by atoms with Crippen LogP contribution in [0.3, 0.4) is 0 Å². The molecule has 0 saturated carbocycles. The highest BCUT2D eigenvalue weighted by atomic mass is 16.5. The summed E-state index contributed by atoms with van der Waals surface area (Å²) in [5.41, 5.74) is 0. The summed E-state index contributed by atoms with van der Waals surface area (Å²) in [7, 11) is 3.90. The zero-order chi connectivity index (χ0) is 17.8. The van der Waals surface area contributed by atoms with Crippen LogP contribution in [-0.4, -0.2) is 61.3 Å². The van der Waals surface area contributed by atoms with Gasteiger partial charge in [0, 0.05) is 39.7 Å². The summed E-state index contributed by atoms with van der Waals surface area (Å²) in [4.78, 5) is 20.7. The molecule has 0 radical (unpaired) electrons. The maximum atomic E-state index is 12.5. The third kappa shape index (κ3) is 4.63. The fourth-order valence-corrected chi connectivity index (χ4v) is 3.58. The molecule has 0 unspecified atom stereocenters. The molecule has 0 aliphatic carbocycles. The number of hydrogen-bond donors (Lipinski definition) is 0. The molecule has 3 atom stereocenters. The molecule has 0 N–H and O–H groups in total. The van der Waals surface area contributed by atoms with Gasteiger partial charge in [-0.05, 0) is 38.3 Å². The fourth-order valence-electron chi connectivity index (χ4n) is 3.58. The molecule has 25 heavy (non-hydrogen) atoms. The molecule has 1 amide bonds. The van der Waals surface area contributed by atoms with Crippen LogP contribution in [0.5, 0.6) is 5.75 Å². The highest BCUT2D eigenvalue weighted by Gasteiger charge is 2.29. The number of hydrogen-bond acceptors (Lipinski definition) is 5. The van der Waals surface area contributed by atoms with Gasteiger partial charge in [-0.3, -0.25) is 4.79 Å². The number of ether oxygens (including phenoxy) is 2. The molecule has 6 heteroatoms. The van der Waals surface area contributed by atoms with Crippen molar-refractivity contribution in [2.45, 2.75) is 57.3 Å². The second-order valence-electron chi connectivity index (χ2n) is 7.27. The molecule has 2 aliphatic rings. The van der Waals surface area contributed by atoms with Crippen LogP contribution in [0.25, 0.3) is 0 Å². The first-order valence-corrected chi connectivity index (χ1v) is 9.25. The van der Waals surface area contributed by atoms with Gasteiger partial charge in [-0.25, -0.2) is 4.98 Å². The fraction of sp³-hybridized carbons (Fsp3) is 0.684. The van der Waals surface area contributed by atoms with E-state index in [0.717, 1.165) is 43.8 Å². The van der Waals surface area contributed by atoms with Gasteiger partial charge in [0.1, 0.15) is 6.10 Å². The topological polar surface area (TPSA) is 54.9 Å². The highest BCUT2D eigenvalue weighted by Crippen LogP contribution is 2.27. The zero-order valence-electron chi connectivity index (χ0n) is 15.5. The van der Waals surface area contributed by atoms with E-state index < -0.39 is 0 Å². The second kappa shape index (κ2) is 8.04. The van der Waals surface area contributed by atoms with Gasteiger partial charge in [-0.1, -0.05) is 0 Å². The summed E-state index contributed by atoms with van der Waals surface area (Å²) in [6.45, 7) is 3.52. The van der Waals surface area contributed by atoms with Crippen molar-refractivity contribution >= 4 is 11.7 Å². The van der Waals surface area contributed by atoms with Gasteiger partial charge in [-0.2, -0.15) is 0 Å². The minimum atomic E-state index is 0.0367. The first-order chi connectivity index (χ1) is 12.0. The standard InChI is InChI=1S/C19H29N3O3/c1-14-6-7-15(24-14)8-9-18(23)22-12-10-16(13-22)25-17-5-4-11-20-19(17)21(2)3/h4-5,11,14-16H,6-10,12-13H2,1-3H3/t14-,15+,16-/m1/s1. The minimum Gasteiger partial charge on any atom is -0.485 e. The lowest BCUT2D eigenvalue weighted by Gasteiger charge is -2.20. The summed E-state index contributed by atoms with van der Waals surface area (Å²) in [5, 5.41) is 0. The molecule has 2 fully saturated rings. The van der Waals surface area contributed by atoms with Crippen LogP contribution in [0.4, 0.5) is 5.82 Å². The van der Waals surface area contributed by atoms with E-state index in [1.807, 2.05) is 36.0 Å². The average molecular weight is 347 g/mol. The Kier molecular flexibility index (Phi) is 5.78. The summed E-state index contributed by atoms with van der Waals surface area (Å²) in [5.74, 6) is 1.81. The van der Waals surface area contributed by atoms with Gasteiger partial charge in [0.25, 0.3) is 0 Å². The van der Waals surface area contributed by atoms with Crippen molar-refractivity contribution in [2.24, 2.45) is 0 Å². The lowest BCUT2D eigenvalue weighted by molar-refractivity contribution is -0.131. The van der Waals surface area contributed by atoms with E-state index in [2.05, 4.69) is 11.9 Å². The maximum absolute atomic E-state index is 12.5. The summed E-state index contributed by atoms with van der Waals surface area (Å²) < 4.78 is 11.9. The van der Waals surface area contributed by atoms with Crippen molar-refractivity contribution in [3.05, 3.63) is 18.3 Å². The van der Waals surface area contributed by atoms with E-state index in [9.17, 15) is 4.79 Å². The normalized spacial score (nSPS) is 26.0. The number of rotatable bonds is 6. The van der Waals surface area contributed by atoms with Crippen molar-refractivity contribution in [3.8, 4) is 5.75 Å². The molecule has 3 rings (SSSR count). The lowest BCUT2D eigenvalue weighted by Crippen LogP contribution is -2.31. The smallest absolute Gasteiger partial charge is 0.222 e. The number of likely N-dealkylation sites (tertiary alicyclic amines) is 1. The van der Waals surface area contributed by atoms with Crippen molar-refractivity contribution in [1.82, 2.24) is 9.88 Å². The van der Waals surface area contributed by atoms with E-state index in [4.69, 9.17) is 9.47 Å². The zero-order valence-corrected chi connectivity index (χ0v) is 15.5. The molecule has 2 aliphatic heterocycles. The largest absolute Gasteiger partial charge is 0.485 e. The third-order valence-corrected chi connectivity index (χ3v) is 4.97. The van der Waals surface area contributed by atoms with Crippen molar-refractivity contribution in [3.63, 3.8) is 0 Å². The van der Waals surface area contributed by atoms with E-state index >= 15 is 0 Å². The van der Waals surface area contributed by atoms with Crippen molar-refractivity contribution in [1.29, 1.82) is 0 Å². The molecular weight excluding hydrogens is 318 g/mol. The molecular formula is C19H29N3O3. The number of aromatic nitrogens is 1. The Morgan fingerprint density at radius 2 is 2.24 bits per heavy atom. The number of anilines is 1. The minimum absolute atomic E-state index is 0.0367. The van der Waals surface area contributed by atoms with Gasteiger partial charge < -0.3 is 19.3 Å². The molecule has 2 saturated heterocycles. The van der Waals surface area contributed by atoms with Crippen LogP contribution < -0.4 is 9.64 Å². The third-order valence-electron chi connectivity index (χ3n) is 4.97. The van der Waals surface area contributed by atoms with Gasteiger partial charge in [0.2, 0.25) is 5.91 Å². The first-order valence-electron chi connectivity index (χ1n) is 9.25. The summed E-state index contributed by atoms with van der Waals surface area (Å²) in [6, 6.07) is 3.81. The Balaban J connectivity index is 1.47. The Morgan fingerprint density at radius 1 is 1.40 bits per heavy atom. The lowest BCUT2D eigenvalue weighted by atomic mass is 10.1. The predicted molar refractivity (Wildman–Crippen MR) is 97.0 cm³/mol.